The number of amides is 1. The maximum atomic E-state index is 11.9. The molecular weight excluding hydrogens is 314 g/mol. The molecule has 130 valence electrons. The van der Waals surface area contributed by atoms with Crippen LogP contribution < -0.4 is 5.32 Å². The van der Waals surface area contributed by atoms with E-state index in [1.807, 2.05) is 32.9 Å². The van der Waals surface area contributed by atoms with E-state index in [1.54, 1.807) is 26.8 Å². The Hall–Kier alpha value is -1.56. The van der Waals surface area contributed by atoms with Gasteiger partial charge < -0.3 is 4.74 Å². The summed E-state index contributed by atoms with van der Waals surface area (Å²) < 4.78 is 28.4. The van der Waals surface area contributed by atoms with Crippen LogP contribution in [0.1, 0.15) is 52.7 Å². The zero-order chi connectivity index (χ0) is 18.1. The van der Waals surface area contributed by atoms with Gasteiger partial charge in [-0.1, -0.05) is 26.8 Å². The minimum absolute atomic E-state index is 0.0695. The van der Waals surface area contributed by atoms with Crippen LogP contribution in [0.3, 0.4) is 0 Å². The molecular formula is C17H27NO4S. The molecule has 0 fully saturated rings. The van der Waals surface area contributed by atoms with E-state index in [1.165, 1.54) is 6.26 Å². The van der Waals surface area contributed by atoms with E-state index in [0.717, 1.165) is 5.56 Å². The molecule has 0 saturated heterocycles. The molecule has 0 aromatic heterocycles. The van der Waals surface area contributed by atoms with E-state index in [-0.39, 0.29) is 11.2 Å². The van der Waals surface area contributed by atoms with Crippen molar-refractivity contribution in [2.75, 3.05) is 11.6 Å². The summed E-state index contributed by atoms with van der Waals surface area (Å²) in [5.74, 6) is -0.0695. The lowest BCUT2D eigenvalue weighted by Gasteiger charge is -2.23. The molecule has 0 atom stereocenters. The number of hydrogen-bond donors (Lipinski definition) is 1. The molecule has 1 aromatic rings. The molecule has 0 heterocycles. The molecule has 0 bridgehead atoms. The normalized spacial score (nSPS) is 12.8. The highest BCUT2D eigenvalue weighted by Gasteiger charge is 2.19. The highest BCUT2D eigenvalue weighted by molar-refractivity contribution is 7.89. The number of sulfone groups is 1. The van der Waals surface area contributed by atoms with E-state index < -0.39 is 21.5 Å². The van der Waals surface area contributed by atoms with E-state index in [0.29, 0.717) is 11.3 Å². The number of hydrogen-bond acceptors (Lipinski definition) is 4. The Morgan fingerprint density at radius 3 is 2.09 bits per heavy atom. The Morgan fingerprint density at radius 1 is 1.09 bits per heavy atom. The molecule has 0 aliphatic rings. The van der Waals surface area contributed by atoms with Crippen molar-refractivity contribution in [2.24, 2.45) is 0 Å². The van der Waals surface area contributed by atoms with Gasteiger partial charge in [0.15, 0.2) is 9.84 Å². The lowest BCUT2D eigenvalue weighted by Crippen LogP contribution is -2.27. The largest absolute Gasteiger partial charge is 0.444 e. The number of carbonyl (C=O) groups is 1. The molecule has 0 unspecified atom stereocenters. The Morgan fingerprint density at radius 2 is 1.65 bits per heavy atom. The third-order valence-electron chi connectivity index (χ3n) is 2.93. The van der Waals surface area contributed by atoms with Crippen LogP contribution in [0, 0.1) is 0 Å². The Balaban J connectivity index is 3.16. The number of carbonyl (C=O) groups excluding carboxylic acids is 1. The predicted octanol–water partition coefficient (Wildman–Crippen LogP) is 3.88. The fourth-order valence-electron chi connectivity index (χ4n) is 2.00. The summed E-state index contributed by atoms with van der Waals surface area (Å²) in [5.41, 5.74) is 1.36. The highest BCUT2D eigenvalue weighted by atomic mass is 32.2. The smallest absolute Gasteiger partial charge is 0.412 e. The second-order valence-electron chi connectivity index (χ2n) is 7.87. The topological polar surface area (TPSA) is 72.5 Å². The van der Waals surface area contributed by atoms with Crippen LogP contribution in [0.4, 0.5) is 10.5 Å². The molecule has 23 heavy (non-hydrogen) atoms. The Labute approximate surface area is 139 Å². The Kier molecular flexibility index (Phi) is 5.52. The number of rotatable bonds is 3. The molecule has 5 nitrogen and oxygen atoms in total. The van der Waals surface area contributed by atoms with Crippen molar-refractivity contribution in [1.29, 1.82) is 0 Å². The Bertz CT molecular complexity index is 680. The van der Waals surface area contributed by atoms with Crippen LogP contribution in [-0.2, 0) is 25.7 Å². The first-order valence-corrected chi connectivity index (χ1v) is 9.54. The minimum Gasteiger partial charge on any atom is -0.444 e. The first-order chi connectivity index (χ1) is 10.2. The molecule has 1 rings (SSSR count). The lowest BCUT2D eigenvalue weighted by atomic mass is 9.86. The first kappa shape index (κ1) is 19.5. The quantitative estimate of drug-likeness (QED) is 0.905. The first-order valence-electron chi connectivity index (χ1n) is 7.48. The van der Waals surface area contributed by atoms with Gasteiger partial charge in [0.1, 0.15) is 5.60 Å². The van der Waals surface area contributed by atoms with Gasteiger partial charge in [-0.3, -0.25) is 5.32 Å². The maximum absolute atomic E-state index is 11.9. The summed E-state index contributed by atoms with van der Waals surface area (Å²) in [5, 5.41) is 2.68. The van der Waals surface area contributed by atoms with Crippen LogP contribution in [0.15, 0.2) is 18.2 Å². The van der Waals surface area contributed by atoms with Crippen LogP contribution in [0.5, 0.6) is 0 Å². The van der Waals surface area contributed by atoms with Crippen LogP contribution >= 0.6 is 0 Å². The third kappa shape index (κ3) is 7.50. The van der Waals surface area contributed by atoms with Crippen molar-refractivity contribution < 1.29 is 17.9 Å². The van der Waals surface area contributed by atoms with Crippen molar-refractivity contribution in [3.8, 4) is 0 Å². The monoisotopic (exact) mass is 341 g/mol. The molecule has 1 amide bonds. The molecule has 0 aliphatic carbocycles. The fraction of sp³-hybridized carbons (Fsp3) is 0.588. The summed E-state index contributed by atoms with van der Waals surface area (Å²) in [7, 11) is -3.16. The van der Waals surface area contributed by atoms with Crippen LogP contribution in [0.2, 0.25) is 0 Å². The minimum atomic E-state index is -3.16. The van der Waals surface area contributed by atoms with E-state index in [9.17, 15) is 13.2 Å². The number of anilines is 1. The van der Waals surface area contributed by atoms with Gasteiger partial charge in [-0.2, -0.15) is 0 Å². The van der Waals surface area contributed by atoms with Crippen molar-refractivity contribution in [3.63, 3.8) is 0 Å². The molecule has 0 aliphatic heterocycles. The second-order valence-corrected chi connectivity index (χ2v) is 10.0. The van der Waals surface area contributed by atoms with Gasteiger partial charge in [-0.05, 0) is 49.4 Å². The van der Waals surface area contributed by atoms with Gasteiger partial charge in [0.25, 0.3) is 0 Å². The number of ether oxygens (including phenoxy) is 1. The van der Waals surface area contributed by atoms with E-state index in [4.69, 9.17) is 4.74 Å². The molecule has 6 heteroatoms. The molecule has 0 radical (unpaired) electrons. The molecule has 1 N–H and O–H groups in total. The van der Waals surface area contributed by atoms with Crippen molar-refractivity contribution >= 4 is 21.6 Å². The fourth-order valence-corrected chi connectivity index (χ4v) is 2.78. The zero-order valence-electron chi connectivity index (χ0n) is 15.0. The number of nitrogens with one attached hydrogen (secondary N) is 1. The van der Waals surface area contributed by atoms with Gasteiger partial charge in [0.2, 0.25) is 0 Å². The molecule has 0 saturated carbocycles. The van der Waals surface area contributed by atoms with Crippen molar-refractivity contribution in [3.05, 3.63) is 29.3 Å². The van der Waals surface area contributed by atoms with Gasteiger partial charge in [0.05, 0.1) is 5.75 Å². The number of benzene rings is 1. The predicted molar refractivity (Wildman–Crippen MR) is 93.5 cm³/mol. The lowest BCUT2D eigenvalue weighted by molar-refractivity contribution is 0.0636. The van der Waals surface area contributed by atoms with Crippen molar-refractivity contribution in [2.45, 2.75) is 58.3 Å². The molecule has 0 spiro atoms. The summed E-state index contributed by atoms with van der Waals surface area (Å²) in [6.45, 7) is 11.4. The second kappa shape index (κ2) is 6.51. The van der Waals surface area contributed by atoms with E-state index in [2.05, 4.69) is 5.32 Å². The van der Waals surface area contributed by atoms with E-state index >= 15 is 0 Å². The summed E-state index contributed by atoms with van der Waals surface area (Å²) in [6.07, 6.45) is 0.631. The van der Waals surface area contributed by atoms with Gasteiger partial charge in [-0.15, -0.1) is 0 Å². The van der Waals surface area contributed by atoms with Gasteiger partial charge in [-0.25, -0.2) is 13.2 Å². The summed E-state index contributed by atoms with van der Waals surface area (Å²) in [4.78, 5) is 11.9. The maximum Gasteiger partial charge on any atom is 0.412 e. The van der Waals surface area contributed by atoms with Crippen LogP contribution in [-0.4, -0.2) is 26.4 Å². The SMILES string of the molecule is CC(C)(C)OC(=O)Nc1cc(CS(C)(=O)=O)cc(C(C)(C)C)c1. The van der Waals surface area contributed by atoms with Crippen LogP contribution in [0.25, 0.3) is 0 Å². The zero-order valence-corrected chi connectivity index (χ0v) is 15.8. The average molecular weight is 341 g/mol. The highest BCUT2D eigenvalue weighted by Crippen LogP contribution is 2.27. The molecule has 1 aromatic carbocycles. The third-order valence-corrected chi connectivity index (χ3v) is 3.79. The van der Waals surface area contributed by atoms with Crippen molar-refractivity contribution in [1.82, 2.24) is 0 Å². The van der Waals surface area contributed by atoms with Gasteiger partial charge in [0, 0.05) is 11.9 Å². The summed E-state index contributed by atoms with van der Waals surface area (Å²) >= 11 is 0. The summed E-state index contributed by atoms with van der Waals surface area (Å²) in [6, 6.07) is 5.37. The average Bonchev–Trinajstić information content (AvgIpc) is 2.21. The van der Waals surface area contributed by atoms with Gasteiger partial charge >= 0.3 is 6.09 Å². The standard InChI is InChI=1S/C17H27NO4S/c1-16(2,3)13-8-12(11-23(7,20)21)9-14(10-13)18-15(19)22-17(4,5)6/h8-10H,11H2,1-7H3,(H,18,19).